The summed E-state index contributed by atoms with van der Waals surface area (Å²) in [5, 5.41) is 11.6. The van der Waals surface area contributed by atoms with Crippen LogP contribution in [-0.4, -0.2) is 52.1 Å². The molecule has 9 nitrogen and oxygen atoms in total. The summed E-state index contributed by atoms with van der Waals surface area (Å²) in [7, 11) is 1.31. The summed E-state index contributed by atoms with van der Waals surface area (Å²) >= 11 is 2.36. The molecule has 29 heavy (non-hydrogen) atoms. The van der Waals surface area contributed by atoms with Gasteiger partial charge in [0, 0.05) is 17.1 Å². The van der Waals surface area contributed by atoms with E-state index in [1.807, 2.05) is 18.2 Å². The van der Waals surface area contributed by atoms with Crippen molar-refractivity contribution in [3.8, 4) is 0 Å². The number of hydrogen-bond donors (Lipinski definition) is 1. The van der Waals surface area contributed by atoms with E-state index in [1.54, 1.807) is 23.8 Å². The number of rotatable bonds is 8. The van der Waals surface area contributed by atoms with E-state index in [0.29, 0.717) is 27.0 Å². The fourth-order valence-electron chi connectivity index (χ4n) is 2.61. The predicted octanol–water partition coefficient (Wildman–Crippen LogP) is 2.57. The minimum absolute atomic E-state index is 0.0115. The Morgan fingerprint density at radius 1 is 1.24 bits per heavy atom. The van der Waals surface area contributed by atoms with E-state index in [2.05, 4.69) is 15.5 Å². The number of carbonyl (C=O) groups is 3. The van der Waals surface area contributed by atoms with Gasteiger partial charge in [0.2, 0.25) is 11.0 Å². The van der Waals surface area contributed by atoms with E-state index in [1.165, 1.54) is 30.2 Å². The number of amides is 1. The lowest BCUT2D eigenvalue weighted by Crippen LogP contribution is -2.18. The molecule has 0 radical (unpaired) electrons. The first-order chi connectivity index (χ1) is 14.0. The van der Waals surface area contributed by atoms with E-state index in [-0.39, 0.29) is 24.2 Å². The number of aromatic nitrogens is 3. The Labute approximate surface area is 174 Å². The van der Waals surface area contributed by atoms with Crippen molar-refractivity contribution in [2.45, 2.75) is 17.8 Å². The third kappa shape index (κ3) is 5.12. The summed E-state index contributed by atoms with van der Waals surface area (Å²) in [6, 6.07) is 7.27. The van der Waals surface area contributed by atoms with Gasteiger partial charge in [-0.15, -0.1) is 10.2 Å². The van der Waals surface area contributed by atoms with Crippen LogP contribution >= 0.6 is 23.1 Å². The molecule has 1 N–H and O–H groups in total. The van der Waals surface area contributed by atoms with Crippen molar-refractivity contribution in [1.82, 2.24) is 14.8 Å². The molecule has 152 valence electrons. The third-order valence-electron chi connectivity index (χ3n) is 3.78. The summed E-state index contributed by atoms with van der Waals surface area (Å²) in [6.07, 6.45) is 1.59. The monoisotopic (exact) mass is 434 g/mol. The number of fused-ring (bicyclic) bond motifs is 1. The van der Waals surface area contributed by atoms with Crippen LogP contribution in [0.5, 0.6) is 0 Å². The van der Waals surface area contributed by atoms with Gasteiger partial charge in [0.25, 0.3) is 0 Å². The number of nitrogens with zero attached hydrogens (tertiary/aromatic N) is 3. The van der Waals surface area contributed by atoms with Crippen molar-refractivity contribution >= 4 is 57.0 Å². The number of anilines is 1. The van der Waals surface area contributed by atoms with Crippen molar-refractivity contribution < 1.29 is 23.9 Å². The Hall–Kier alpha value is -2.92. The standard InChI is InChI=1S/C18H18N4O5S2/c1-3-27-15(24)10-28-18-21-20-17(29-18)19-14(23)9-22-8-12(16(25)26-2)11-6-4-5-7-13(11)22/h4-8H,3,9-10H2,1-2H3,(H,19,20,23). The summed E-state index contributed by atoms with van der Waals surface area (Å²) in [5.74, 6) is -0.991. The van der Waals surface area contributed by atoms with Crippen LogP contribution in [0.2, 0.25) is 0 Å². The number of benzene rings is 1. The molecule has 0 bridgehead atoms. The van der Waals surface area contributed by atoms with Gasteiger partial charge in [0.15, 0.2) is 4.34 Å². The molecule has 1 aromatic carbocycles. The molecule has 0 saturated heterocycles. The molecule has 0 atom stereocenters. The van der Waals surface area contributed by atoms with Crippen LogP contribution in [0.1, 0.15) is 17.3 Å². The Morgan fingerprint density at radius 2 is 2.03 bits per heavy atom. The van der Waals surface area contributed by atoms with Crippen LogP contribution < -0.4 is 5.32 Å². The number of nitrogens with one attached hydrogen (secondary N) is 1. The quantitative estimate of drug-likeness (QED) is 0.327. The second-order valence-electron chi connectivity index (χ2n) is 5.69. The second kappa shape index (κ2) is 9.52. The largest absolute Gasteiger partial charge is 0.465 e. The zero-order valence-electron chi connectivity index (χ0n) is 15.7. The normalized spacial score (nSPS) is 10.7. The van der Waals surface area contributed by atoms with Crippen LogP contribution in [0, 0.1) is 0 Å². The SMILES string of the molecule is CCOC(=O)CSc1nnc(NC(=O)Cn2cc(C(=O)OC)c3ccccc32)s1. The average molecular weight is 434 g/mol. The van der Waals surface area contributed by atoms with E-state index >= 15 is 0 Å². The molecule has 0 unspecified atom stereocenters. The summed E-state index contributed by atoms with van der Waals surface area (Å²) in [5.41, 5.74) is 1.13. The minimum Gasteiger partial charge on any atom is -0.465 e. The number of ether oxygens (including phenoxy) is 2. The summed E-state index contributed by atoms with van der Waals surface area (Å²) in [4.78, 5) is 35.8. The zero-order chi connectivity index (χ0) is 20.8. The smallest absolute Gasteiger partial charge is 0.340 e. The van der Waals surface area contributed by atoms with Gasteiger partial charge in [-0.25, -0.2) is 4.79 Å². The molecule has 0 aliphatic carbocycles. The van der Waals surface area contributed by atoms with Crippen LogP contribution in [0.3, 0.4) is 0 Å². The highest BCUT2D eigenvalue weighted by Gasteiger charge is 2.17. The van der Waals surface area contributed by atoms with E-state index in [9.17, 15) is 14.4 Å². The van der Waals surface area contributed by atoms with Gasteiger partial charge < -0.3 is 14.0 Å². The fraction of sp³-hybridized carbons (Fsp3) is 0.278. The van der Waals surface area contributed by atoms with Crippen molar-refractivity contribution in [2.75, 3.05) is 24.8 Å². The zero-order valence-corrected chi connectivity index (χ0v) is 17.3. The number of carbonyl (C=O) groups excluding carboxylic acids is 3. The first-order valence-electron chi connectivity index (χ1n) is 8.59. The van der Waals surface area contributed by atoms with E-state index in [4.69, 9.17) is 9.47 Å². The highest BCUT2D eigenvalue weighted by molar-refractivity contribution is 8.01. The van der Waals surface area contributed by atoms with Crippen molar-refractivity contribution in [3.05, 3.63) is 36.0 Å². The lowest BCUT2D eigenvalue weighted by atomic mass is 10.2. The highest BCUT2D eigenvalue weighted by atomic mass is 32.2. The average Bonchev–Trinajstić information content (AvgIpc) is 3.31. The highest BCUT2D eigenvalue weighted by Crippen LogP contribution is 2.26. The molecule has 3 rings (SSSR count). The molecule has 0 fully saturated rings. The Balaban J connectivity index is 1.66. The Kier molecular flexibility index (Phi) is 6.83. The Morgan fingerprint density at radius 3 is 2.79 bits per heavy atom. The maximum absolute atomic E-state index is 12.4. The first kappa shape index (κ1) is 20.8. The van der Waals surface area contributed by atoms with Crippen molar-refractivity contribution in [3.63, 3.8) is 0 Å². The Bertz CT molecular complexity index is 1050. The maximum atomic E-state index is 12.4. The van der Waals surface area contributed by atoms with Crippen LogP contribution in [0.15, 0.2) is 34.8 Å². The van der Waals surface area contributed by atoms with Gasteiger partial charge in [0.1, 0.15) is 6.54 Å². The molecule has 2 heterocycles. The molecule has 2 aromatic heterocycles. The first-order valence-corrected chi connectivity index (χ1v) is 10.4. The van der Waals surface area contributed by atoms with Crippen LogP contribution in [0.4, 0.5) is 5.13 Å². The molecular formula is C18H18N4O5S2. The molecular weight excluding hydrogens is 416 g/mol. The number of thioether (sulfide) groups is 1. The number of esters is 2. The molecule has 3 aromatic rings. The number of para-hydroxylation sites is 1. The number of methoxy groups -OCH3 is 1. The molecule has 0 saturated carbocycles. The topological polar surface area (TPSA) is 112 Å². The predicted molar refractivity (Wildman–Crippen MR) is 109 cm³/mol. The molecule has 11 heteroatoms. The fourth-order valence-corrected chi connectivity index (χ4v) is 4.17. The van der Waals surface area contributed by atoms with Gasteiger partial charge in [-0.1, -0.05) is 41.3 Å². The minimum atomic E-state index is -0.465. The van der Waals surface area contributed by atoms with Crippen LogP contribution in [-0.2, 0) is 25.6 Å². The summed E-state index contributed by atoms with van der Waals surface area (Å²) in [6.45, 7) is 2.05. The number of hydrogen-bond acceptors (Lipinski definition) is 9. The lowest BCUT2D eigenvalue weighted by Gasteiger charge is -2.04. The van der Waals surface area contributed by atoms with Gasteiger partial charge >= 0.3 is 11.9 Å². The molecule has 1 amide bonds. The van der Waals surface area contributed by atoms with Gasteiger partial charge in [-0.3, -0.25) is 14.9 Å². The summed E-state index contributed by atoms with van der Waals surface area (Å²) < 4.78 is 11.9. The third-order valence-corrected chi connectivity index (χ3v) is 5.73. The maximum Gasteiger partial charge on any atom is 0.340 e. The van der Waals surface area contributed by atoms with E-state index in [0.717, 1.165) is 5.52 Å². The van der Waals surface area contributed by atoms with Gasteiger partial charge in [-0.2, -0.15) is 0 Å². The van der Waals surface area contributed by atoms with Gasteiger partial charge in [-0.05, 0) is 13.0 Å². The van der Waals surface area contributed by atoms with Crippen molar-refractivity contribution in [2.24, 2.45) is 0 Å². The lowest BCUT2D eigenvalue weighted by molar-refractivity contribution is -0.139. The van der Waals surface area contributed by atoms with Gasteiger partial charge in [0.05, 0.1) is 25.0 Å². The second-order valence-corrected chi connectivity index (χ2v) is 7.89. The molecule has 0 aliphatic rings. The van der Waals surface area contributed by atoms with Crippen molar-refractivity contribution in [1.29, 1.82) is 0 Å². The molecule has 0 spiro atoms. The molecule has 0 aliphatic heterocycles. The van der Waals surface area contributed by atoms with Crippen LogP contribution in [0.25, 0.3) is 10.9 Å². The van der Waals surface area contributed by atoms with E-state index < -0.39 is 5.97 Å².